The maximum absolute atomic E-state index is 12.5. The zero-order valence-corrected chi connectivity index (χ0v) is 34.8. The molecule has 0 radical (unpaired) electrons. The first-order chi connectivity index (χ1) is 26.3. The van der Waals surface area contributed by atoms with Crippen LogP contribution >= 0.6 is 7.82 Å². The number of unbranched alkanes of at least 4 members (excludes halogenated alkanes) is 17. The predicted octanol–water partition coefficient (Wildman–Crippen LogP) is 11.9. The Kier molecular flexibility index (Phi) is 38.2. The summed E-state index contributed by atoms with van der Waals surface area (Å²) in [7, 11) is -4.39. The summed E-state index contributed by atoms with van der Waals surface area (Å²) in [5, 5.41) is 0. The van der Waals surface area contributed by atoms with Gasteiger partial charge >= 0.3 is 19.8 Å². The molecule has 0 aromatic rings. The Morgan fingerprint density at radius 1 is 0.574 bits per heavy atom. The molecule has 0 amide bonds. The smallest absolute Gasteiger partial charge is 0.462 e. The summed E-state index contributed by atoms with van der Waals surface area (Å²) in [5.41, 5.74) is 5.34. The first-order valence-corrected chi connectivity index (χ1v) is 22.5. The van der Waals surface area contributed by atoms with Crippen LogP contribution in [0.15, 0.2) is 72.9 Å². The van der Waals surface area contributed by atoms with Crippen molar-refractivity contribution >= 4 is 19.8 Å². The number of esters is 2. The lowest BCUT2D eigenvalue weighted by molar-refractivity contribution is -0.161. The summed E-state index contributed by atoms with van der Waals surface area (Å²) < 4.78 is 32.7. The molecule has 0 rings (SSSR count). The molecule has 310 valence electrons. The quantitative estimate of drug-likeness (QED) is 0.0272. The van der Waals surface area contributed by atoms with Crippen LogP contribution in [0.5, 0.6) is 0 Å². The van der Waals surface area contributed by atoms with E-state index in [1.54, 1.807) is 0 Å². The van der Waals surface area contributed by atoms with E-state index in [-0.39, 0.29) is 32.6 Å². The Labute approximate surface area is 329 Å². The van der Waals surface area contributed by atoms with Crippen molar-refractivity contribution in [2.45, 2.75) is 168 Å². The van der Waals surface area contributed by atoms with E-state index >= 15 is 0 Å². The summed E-state index contributed by atoms with van der Waals surface area (Å²) in [6.45, 7) is 3.50. The molecular formula is C44H76NO8P. The van der Waals surface area contributed by atoms with Crippen LogP contribution in [0.3, 0.4) is 0 Å². The molecular weight excluding hydrogens is 701 g/mol. The summed E-state index contributed by atoms with van der Waals surface area (Å²) >= 11 is 0. The summed E-state index contributed by atoms with van der Waals surface area (Å²) in [4.78, 5) is 34.8. The van der Waals surface area contributed by atoms with Gasteiger partial charge in [0.25, 0.3) is 0 Å². The maximum atomic E-state index is 12.5. The molecule has 0 bridgehead atoms. The molecule has 0 spiro atoms. The van der Waals surface area contributed by atoms with E-state index in [1.165, 1.54) is 70.6 Å². The second-order valence-electron chi connectivity index (χ2n) is 13.6. The molecule has 3 N–H and O–H groups in total. The van der Waals surface area contributed by atoms with E-state index in [2.05, 4.69) is 50.3 Å². The Balaban J connectivity index is 4.19. The van der Waals surface area contributed by atoms with Gasteiger partial charge in [0, 0.05) is 19.4 Å². The Morgan fingerprint density at radius 3 is 1.56 bits per heavy atom. The first kappa shape index (κ1) is 51.5. The highest BCUT2D eigenvalue weighted by Crippen LogP contribution is 2.43. The van der Waals surface area contributed by atoms with E-state index in [0.29, 0.717) is 6.42 Å². The van der Waals surface area contributed by atoms with E-state index < -0.39 is 32.5 Å². The van der Waals surface area contributed by atoms with Crippen LogP contribution in [0, 0.1) is 0 Å². The highest BCUT2D eigenvalue weighted by atomic mass is 31.2. The molecule has 0 aliphatic heterocycles. The second kappa shape index (κ2) is 40.1. The number of ether oxygens (including phenoxy) is 2. The number of rotatable bonds is 38. The number of hydrogen-bond donors (Lipinski definition) is 2. The minimum absolute atomic E-state index is 0.0425. The normalized spacial score (nSPS) is 14.1. The molecule has 0 saturated heterocycles. The number of carbonyl (C=O) groups is 2. The van der Waals surface area contributed by atoms with Crippen LogP contribution in [0.4, 0.5) is 0 Å². The number of phosphoric acid groups is 1. The molecule has 2 unspecified atom stereocenters. The van der Waals surface area contributed by atoms with Crippen molar-refractivity contribution in [1.82, 2.24) is 0 Å². The van der Waals surface area contributed by atoms with Gasteiger partial charge in [0.15, 0.2) is 6.10 Å². The van der Waals surface area contributed by atoms with Crippen molar-refractivity contribution in [1.29, 1.82) is 0 Å². The molecule has 0 saturated carbocycles. The van der Waals surface area contributed by atoms with Gasteiger partial charge in [0.2, 0.25) is 0 Å². The summed E-state index contributed by atoms with van der Waals surface area (Å²) in [5.74, 6) is -0.885. The third kappa shape index (κ3) is 39.2. The molecule has 9 nitrogen and oxygen atoms in total. The van der Waals surface area contributed by atoms with Gasteiger partial charge in [-0.3, -0.25) is 18.6 Å². The van der Waals surface area contributed by atoms with Gasteiger partial charge in [-0.25, -0.2) is 4.57 Å². The molecule has 0 fully saturated rings. The van der Waals surface area contributed by atoms with Crippen LogP contribution in [0.1, 0.15) is 162 Å². The van der Waals surface area contributed by atoms with Gasteiger partial charge < -0.3 is 20.1 Å². The highest BCUT2D eigenvalue weighted by Gasteiger charge is 2.25. The van der Waals surface area contributed by atoms with E-state index in [4.69, 9.17) is 24.3 Å². The van der Waals surface area contributed by atoms with Crippen molar-refractivity contribution < 1.29 is 37.6 Å². The molecule has 0 aliphatic rings. The lowest BCUT2D eigenvalue weighted by Gasteiger charge is -2.19. The number of allylic oxidation sites excluding steroid dienone is 12. The molecule has 54 heavy (non-hydrogen) atoms. The van der Waals surface area contributed by atoms with Crippen LogP contribution in [-0.4, -0.2) is 49.3 Å². The summed E-state index contributed by atoms with van der Waals surface area (Å²) in [6.07, 6.45) is 47.9. The van der Waals surface area contributed by atoms with Crippen molar-refractivity contribution in [3.63, 3.8) is 0 Å². The number of nitrogens with two attached hydrogens (primary N) is 1. The van der Waals surface area contributed by atoms with Crippen LogP contribution in [0.25, 0.3) is 0 Å². The van der Waals surface area contributed by atoms with Gasteiger partial charge in [-0.05, 0) is 57.8 Å². The van der Waals surface area contributed by atoms with Gasteiger partial charge in [-0.1, -0.05) is 164 Å². The first-order valence-electron chi connectivity index (χ1n) is 21.0. The Bertz CT molecular complexity index is 1110. The largest absolute Gasteiger partial charge is 0.472 e. The van der Waals surface area contributed by atoms with Crippen LogP contribution in [0.2, 0.25) is 0 Å². The number of hydrogen-bond acceptors (Lipinski definition) is 8. The topological polar surface area (TPSA) is 134 Å². The zero-order chi connectivity index (χ0) is 39.6. The number of carbonyl (C=O) groups excluding carboxylic acids is 2. The average Bonchev–Trinajstić information content (AvgIpc) is 3.16. The van der Waals surface area contributed by atoms with Crippen LogP contribution < -0.4 is 5.73 Å². The molecule has 0 heterocycles. The lowest BCUT2D eigenvalue weighted by atomic mass is 10.1. The highest BCUT2D eigenvalue weighted by molar-refractivity contribution is 7.47. The fraction of sp³-hybridized carbons (Fsp3) is 0.682. The van der Waals surface area contributed by atoms with Crippen molar-refractivity contribution in [2.24, 2.45) is 5.73 Å². The van der Waals surface area contributed by atoms with Gasteiger partial charge in [-0.2, -0.15) is 0 Å². The monoisotopic (exact) mass is 778 g/mol. The molecule has 0 aliphatic carbocycles. The van der Waals surface area contributed by atoms with E-state index in [1.807, 2.05) is 36.5 Å². The van der Waals surface area contributed by atoms with Crippen molar-refractivity contribution in [3.05, 3.63) is 72.9 Å². The van der Waals surface area contributed by atoms with Crippen molar-refractivity contribution in [3.8, 4) is 0 Å². The average molecular weight is 778 g/mol. The fourth-order valence-corrected chi connectivity index (χ4v) is 6.11. The predicted molar refractivity (Wildman–Crippen MR) is 224 cm³/mol. The maximum Gasteiger partial charge on any atom is 0.472 e. The SMILES string of the molecule is CC/C=C/C=C/C=C/C=C/CCCCCC(=O)OC(COC(=O)CCCCCCCCCCCC/C=C/C=C/CCCCCC)COP(=O)(O)OCCN. The second-order valence-corrected chi connectivity index (χ2v) is 15.0. The van der Waals surface area contributed by atoms with E-state index in [0.717, 1.165) is 57.8 Å². The van der Waals surface area contributed by atoms with Gasteiger partial charge in [0.05, 0.1) is 13.2 Å². The minimum atomic E-state index is -4.39. The summed E-state index contributed by atoms with van der Waals surface area (Å²) in [6, 6.07) is 0. The van der Waals surface area contributed by atoms with Crippen molar-refractivity contribution in [2.75, 3.05) is 26.4 Å². The minimum Gasteiger partial charge on any atom is -0.462 e. The zero-order valence-electron chi connectivity index (χ0n) is 33.9. The Morgan fingerprint density at radius 2 is 1.02 bits per heavy atom. The molecule has 10 heteroatoms. The van der Waals surface area contributed by atoms with Gasteiger partial charge in [-0.15, -0.1) is 0 Å². The standard InChI is InChI=1S/C44H76NO8P/c1-3-5-7-9-11-13-15-17-18-19-20-21-22-23-25-26-28-30-32-34-36-43(46)50-40-42(41-52-54(48,49)51-39-38-45)53-44(47)37-35-33-31-29-27-24-16-14-12-10-8-6-4-2/h6,8,10,12-18,24,27,42H,3-5,7,9,11,19-23,25-26,28-41,45H2,1-2H3,(H,48,49)/b8-6+,12-10+,15-13+,16-14+,18-17+,27-24+. The lowest BCUT2D eigenvalue weighted by Crippen LogP contribution is -2.29. The number of phosphoric ester groups is 1. The molecule has 2 atom stereocenters. The van der Waals surface area contributed by atoms with Gasteiger partial charge in [0.1, 0.15) is 6.61 Å². The fourth-order valence-electron chi connectivity index (χ4n) is 5.34. The Hall–Kier alpha value is -2.55. The third-order valence-electron chi connectivity index (χ3n) is 8.45. The molecule has 0 aromatic heterocycles. The van der Waals surface area contributed by atoms with E-state index in [9.17, 15) is 19.0 Å². The third-order valence-corrected chi connectivity index (χ3v) is 9.43. The van der Waals surface area contributed by atoms with Crippen LogP contribution in [-0.2, 0) is 32.7 Å². The molecule has 0 aromatic carbocycles.